The average molecular weight is 521 g/mol. The first-order chi connectivity index (χ1) is 17.0. The molecular formula is C24H20F4N4O3S. The Labute approximate surface area is 204 Å². The van der Waals surface area contributed by atoms with Crippen molar-refractivity contribution in [2.24, 2.45) is 11.1 Å². The summed E-state index contributed by atoms with van der Waals surface area (Å²) < 4.78 is 81.3. The van der Waals surface area contributed by atoms with Gasteiger partial charge in [-0.1, -0.05) is 0 Å². The van der Waals surface area contributed by atoms with Gasteiger partial charge in [0, 0.05) is 54.4 Å². The van der Waals surface area contributed by atoms with Crippen molar-refractivity contribution in [3.8, 4) is 11.1 Å². The summed E-state index contributed by atoms with van der Waals surface area (Å²) in [4.78, 5) is 19.2. The van der Waals surface area contributed by atoms with Crippen molar-refractivity contribution >= 4 is 27.3 Å². The molecule has 2 aliphatic rings. The Balaban J connectivity index is 1.36. The van der Waals surface area contributed by atoms with Crippen molar-refractivity contribution in [2.75, 3.05) is 22.9 Å². The first kappa shape index (κ1) is 24.2. The molecule has 0 bridgehead atoms. The zero-order valence-electron chi connectivity index (χ0n) is 18.9. The second-order valence-electron chi connectivity index (χ2n) is 8.96. The molecule has 2 aromatic carbocycles. The van der Waals surface area contributed by atoms with Crippen LogP contribution < -0.4 is 14.9 Å². The minimum atomic E-state index is -4.34. The van der Waals surface area contributed by atoms with E-state index in [-0.39, 0.29) is 47.5 Å². The molecule has 2 aliphatic heterocycles. The van der Waals surface area contributed by atoms with Gasteiger partial charge >= 0.3 is 0 Å². The van der Waals surface area contributed by atoms with Crippen LogP contribution in [0.15, 0.2) is 47.6 Å². The molecule has 7 nitrogen and oxygen atoms in total. The molecule has 2 N–H and O–H groups in total. The summed E-state index contributed by atoms with van der Waals surface area (Å²) in [6, 6.07) is 4.65. The molecular weight excluding hydrogens is 500 g/mol. The SMILES string of the molecule is C[C@H]1Cc2cc(F)c(S(N)(=O)=O)cc2N1C(=O)C1CN(c2cc(F)c(-c3cnccc3F)cc2F)C1. The largest absolute Gasteiger partial charge is 0.367 e. The minimum Gasteiger partial charge on any atom is -0.367 e. The monoisotopic (exact) mass is 520 g/mol. The van der Waals surface area contributed by atoms with Crippen LogP contribution in [0.3, 0.4) is 0 Å². The normalized spacial score (nSPS) is 17.8. The third kappa shape index (κ3) is 3.99. The topological polar surface area (TPSA) is 96.6 Å². The van der Waals surface area contributed by atoms with Gasteiger partial charge in [0.1, 0.15) is 28.2 Å². The summed E-state index contributed by atoms with van der Waals surface area (Å²) in [6.45, 7) is 1.91. The second kappa shape index (κ2) is 8.56. The Morgan fingerprint density at radius 2 is 1.69 bits per heavy atom. The first-order valence-electron chi connectivity index (χ1n) is 11.0. The quantitative estimate of drug-likeness (QED) is 0.533. The molecule has 1 aromatic heterocycles. The highest BCUT2D eigenvalue weighted by atomic mass is 32.2. The molecule has 188 valence electrons. The number of amides is 1. The molecule has 1 saturated heterocycles. The van der Waals surface area contributed by atoms with Crippen molar-refractivity contribution < 1.29 is 30.8 Å². The zero-order chi connectivity index (χ0) is 25.9. The minimum absolute atomic E-state index is 0.0712. The van der Waals surface area contributed by atoms with Gasteiger partial charge in [0.2, 0.25) is 15.9 Å². The van der Waals surface area contributed by atoms with Crippen molar-refractivity contribution in [3.63, 3.8) is 0 Å². The third-order valence-electron chi connectivity index (χ3n) is 6.56. The first-order valence-corrected chi connectivity index (χ1v) is 12.5. The standard InChI is InChI=1S/C24H20F4N4O3S/c1-12-4-13-5-20(28)23(36(29,34)35)8-21(13)32(12)24(33)14-10-31(11-14)22-7-18(26)15(6-19(22)27)16-9-30-3-2-17(16)25/h2-3,5-9,12,14H,4,10-11H2,1H3,(H2,29,34,35)/t12-/m0/s1. The lowest BCUT2D eigenvalue weighted by Crippen LogP contribution is -2.56. The van der Waals surface area contributed by atoms with Crippen LogP contribution >= 0.6 is 0 Å². The molecule has 0 unspecified atom stereocenters. The van der Waals surface area contributed by atoms with Gasteiger partial charge in [-0.25, -0.2) is 31.1 Å². The van der Waals surface area contributed by atoms with E-state index in [1.165, 1.54) is 16.0 Å². The molecule has 12 heteroatoms. The molecule has 3 heterocycles. The van der Waals surface area contributed by atoms with Crippen LogP contribution in [0.2, 0.25) is 0 Å². The highest BCUT2D eigenvalue weighted by Crippen LogP contribution is 2.39. The van der Waals surface area contributed by atoms with E-state index in [2.05, 4.69) is 4.98 Å². The number of carbonyl (C=O) groups is 1. The Hall–Kier alpha value is -3.51. The molecule has 36 heavy (non-hydrogen) atoms. The van der Waals surface area contributed by atoms with E-state index in [1.54, 1.807) is 6.92 Å². The summed E-state index contributed by atoms with van der Waals surface area (Å²) in [6.07, 6.45) is 2.63. The molecule has 0 radical (unpaired) electrons. The van der Waals surface area contributed by atoms with Crippen molar-refractivity contribution in [1.82, 2.24) is 4.98 Å². The summed E-state index contributed by atoms with van der Waals surface area (Å²) >= 11 is 0. The van der Waals surface area contributed by atoms with Gasteiger partial charge in [-0.3, -0.25) is 9.78 Å². The molecule has 0 spiro atoms. The Kier molecular flexibility index (Phi) is 5.75. The third-order valence-corrected chi connectivity index (χ3v) is 7.48. The fourth-order valence-corrected chi connectivity index (χ4v) is 5.37. The predicted octanol–water partition coefficient (Wildman–Crippen LogP) is 3.37. The van der Waals surface area contributed by atoms with Gasteiger partial charge in [-0.2, -0.15) is 0 Å². The number of carbonyl (C=O) groups excluding carboxylic acids is 1. The average Bonchev–Trinajstić information content (AvgIpc) is 3.08. The number of halogens is 4. The van der Waals surface area contributed by atoms with Crippen LogP contribution in [0.1, 0.15) is 12.5 Å². The van der Waals surface area contributed by atoms with E-state index in [4.69, 9.17) is 5.14 Å². The smallest absolute Gasteiger partial charge is 0.241 e. The Morgan fingerprint density at radius 1 is 0.972 bits per heavy atom. The van der Waals surface area contributed by atoms with Crippen molar-refractivity contribution in [3.05, 3.63) is 71.6 Å². The van der Waals surface area contributed by atoms with Crippen LogP contribution in [0.5, 0.6) is 0 Å². The number of anilines is 2. The number of primary sulfonamides is 1. The maximum atomic E-state index is 14.9. The number of pyridine rings is 1. The van der Waals surface area contributed by atoms with Gasteiger partial charge in [-0.05, 0) is 43.2 Å². The number of fused-ring (bicyclic) bond motifs is 1. The molecule has 0 aliphatic carbocycles. The number of sulfonamides is 1. The lowest BCUT2D eigenvalue weighted by atomic mass is 9.96. The lowest BCUT2D eigenvalue weighted by Gasteiger charge is -2.42. The number of rotatable bonds is 4. The molecule has 1 fully saturated rings. The number of nitrogens with zero attached hydrogens (tertiary/aromatic N) is 3. The highest BCUT2D eigenvalue weighted by Gasteiger charge is 2.42. The molecule has 0 saturated carbocycles. The molecule has 5 rings (SSSR count). The Morgan fingerprint density at radius 3 is 2.36 bits per heavy atom. The van der Waals surface area contributed by atoms with Crippen molar-refractivity contribution in [2.45, 2.75) is 24.3 Å². The van der Waals surface area contributed by atoms with Gasteiger partial charge < -0.3 is 9.80 Å². The van der Waals surface area contributed by atoms with Crippen LogP contribution in [0, 0.1) is 29.2 Å². The maximum absolute atomic E-state index is 14.9. The van der Waals surface area contributed by atoms with Gasteiger partial charge in [0.25, 0.3) is 0 Å². The zero-order valence-corrected chi connectivity index (χ0v) is 19.7. The van der Waals surface area contributed by atoms with Crippen LogP contribution in [0.4, 0.5) is 28.9 Å². The van der Waals surface area contributed by atoms with Crippen LogP contribution in [0.25, 0.3) is 11.1 Å². The predicted molar refractivity (Wildman–Crippen MR) is 124 cm³/mol. The molecule has 3 aromatic rings. The highest BCUT2D eigenvalue weighted by molar-refractivity contribution is 7.89. The lowest BCUT2D eigenvalue weighted by molar-refractivity contribution is -0.123. The van der Waals surface area contributed by atoms with E-state index in [9.17, 15) is 30.8 Å². The van der Waals surface area contributed by atoms with E-state index in [1.807, 2.05) is 0 Å². The number of nitrogens with two attached hydrogens (primary N) is 1. The number of hydrogen-bond acceptors (Lipinski definition) is 5. The van der Waals surface area contributed by atoms with Gasteiger partial charge in [0.15, 0.2) is 0 Å². The molecule has 1 amide bonds. The van der Waals surface area contributed by atoms with Gasteiger partial charge in [-0.15, -0.1) is 0 Å². The summed E-state index contributed by atoms with van der Waals surface area (Å²) in [5.74, 6) is -4.28. The van der Waals surface area contributed by atoms with Gasteiger partial charge in [0.05, 0.1) is 11.6 Å². The van der Waals surface area contributed by atoms with E-state index in [0.717, 1.165) is 36.5 Å². The fourth-order valence-electron chi connectivity index (χ4n) is 4.76. The second-order valence-corrected chi connectivity index (χ2v) is 10.5. The summed E-state index contributed by atoms with van der Waals surface area (Å²) in [5.41, 5.74) is 0.224. The van der Waals surface area contributed by atoms with Crippen LogP contribution in [-0.4, -0.2) is 38.4 Å². The maximum Gasteiger partial charge on any atom is 0.241 e. The van der Waals surface area contributed by atoms with E-state index in [0.29, 0.717) is 12.0 Å². The summed E-state index contributed by atoms with van der Waals surface area (Å²) in [5, 5.41) is 5.10. The van der Waals surface area contributed by atoms with E-state index >= 15 is 0 Å². The number of benzene rings is 2. The van der Waals surface area contributed by atoms with E-state index < -0.39 is 44.1 Å². The fraction of sp³-hybridized carbons (Fsp3) is 0.250. The number of hydrogen-bond donors (Lipinski definition) is 1. The summed E-state index contributed by atoms with van der Waals surface area (Å²) in [7, 11) is -4.34. The molecule has 1 atom stereocenters. The van der Waals surface area contributed by atoms with Crippen LogP contribution in [-0.2, 0) is 21.2 Å². The Bertz CT molecular complexity index is 1510. The number of aromatic nitrogens is 1. The van der Waals surface area contributed by atoms with Crippen molar-refractivity contribution in [1.29, 1.82) is 0 Å².